The van der Waals surface area contributed by atoms with E-state index >= 15 is 0 Å². The van der Waals surface area contributed by atoms with E-state index in [2.05, 4.69) is 15.4 Å². The van der Waals surface area contributed by atoms with Gasteiger partial charge in [0, 0.05) is 12.6 Å². The number of aromatic nitrogens is 3. The number of likely N-dealkylation sites (N-methyl/N-ethyl adjacent to an activating group) is 1. The molecule has 3 aromatic rings. The molecule has 2 aliphatic heterocycles. The summed E-state index contributed by atoms with van der Waals surface area (Å²) in [5.41, 5.74) is 0.939. The van der Waals surface area contributed by atoms with Crippen LogP contribution in [0.2, 0.25) is 0 Å². The van der Waals surface area contributed by atoms with Gasteiger partial charge < -0.3 is 19.7 Å². The summed E-state index contributed by atoms with van der Waals surface area (Å²) < 4.78 is 27.3. The Kier molecular flexibility index (Phi) is 5.06. The van der Waals surface area contributed by atoms with E-state index in [-0.39, 0.29) is 18.3 Å². The van der Waals surface area contributed by atoms with E-state index in [0.29, 0.717) is 36.0 Å². The molecule has 1 aromatic heterocycles. The first-order chi connectivity index (χ1) is 15.5. The van der Waals surface area contributed by atoms with Crippen molar-refractivity contribution in [2.24, 2.45) is 0 Å². The maximum absolute atomic E-state index is 14.3. The fraction of sp³-hybridized carbons (Fsp3) is 0.273. The second kappa shape index (κ2) is 8.04. The molecule has 0 radical (unpaired) electrons. The molecular formula is C22H20FN5O4. The number of nitrogens with zero attached hydrogens (tertiary/aromatic N) is 4. The predicted octanol–water partition coefficient (Wildman–Crippen LogP) is 1.69. The molecule has 0 spiro atoms. The molecule has 2 aromatic carbocycles. The Morgan fingerprint density at radius 3 is 2.81 bits per heavy atom. The van der Waals surface area contributed by atoms with Gasteiger partial charge in [0.1, 0.15) is 30.3 Å². The first kappa shape index (κ1) is 20.1. The minimum absolute atomic E-state index is 0.0273. The number of rotatable bonds is 3. The molecular weight excluding hydrogens is 417 g/mol. The van der Waals surface area contributed by atoms with Crippen LogP contribution >= 0.6 is 0 Å². The maximum Gasteiger partial charge on any atom is 0.291 e. The van der Waals surface area contributed by atoms with Crippen LogP contribution in [-0.4, -0.2) is 52.9 Å². The molecule has 1 unspecified atom stereocenters. The van der Waals surface area contributed by atoms with E-state index in [4.69, 9.17) is 9.47 Å². The fourth-order valence-electron chi connectivity index (χ4n) is 3.84. The van der Waals surface area contributed by atoms with Crippen molar-refractivity contribution in [2.45, 2.75) is 18.7 Å². The van der Waals surface area contributed by atoms with E-state index < -0.39 is 23.9 Å². The van der Waals surface area contributed by atoms with E-state index in [0.717, 1.165) is 0 Å². The number of ether oxygens (including phenoxy) is 2. The van der Waals surface area contributed by atoms with Gasteiger partial charge in [-0.3, -0.25) is 9.59 Å². The van der Waals surface area contributed by atoms with Crippen LogP contribution in [-0.2, 0) is 16.1 Å². The SMILES string of the molecule is CN1C(=O)[C@@H](NC(=O)c2nc3n(n2)CCOC3c2ccccc2F)COc2ccccc21. The van der Waals surface area contributed by atoms with E-state index in [9.17, 15) is 14.0 Å². The third-order valence-electron chi connectivity index (χ3n) is 5.48. The molecule has 5 rings (SSSR count). The average Bonchev–Trinajstić information content (AvgIpc) is 3.22. The molecule has 164 valence electrons. The number of hydrogen-bond acceptors (Lipinski definition) is 6. The largest absolute Gasteiger partial charge is 0.489 e. The summed E-state index contributed by atoms with van der Waals surface area (Å²) in [5.74, 6) is -0.604. The zero-order valence-corrected chi connectivity index (χ0v) is 17.2. The van der Waals surface area contributed by atoms with Crippen LogP contribution in [0.1, 0.15) is 28.1 Å². The van der Waals surface area contributed by atoms with Crippen LogP contribution in [0.25, 0.3) is 0 Å². The lowest BCUT2D eigenvalue weighted by Gasteiger charge is -2.23. The second-order valence-corrected chi connectivity index (χ2v) is 7.49. The summed E-state index contributed by atoms with van der Waals surface area (Å²) in [6.45, 7) is 0.652. The fourth-order valence-corrected chi connectivity index (χ4v) is 3.84. The van der Waals surface area contributed by atoms with Crippen LogP contribution in [0, 0.1) is 5.82 Å². The Balaban J connectivity index is 1.37. The minimum atomic E-state index is -0.918. The number of nitrogens with one attached hydrogen (secondary N) is 1. The number of hydrogen-bond donors (Lipinski definition) is 1. The molecule has 32 heavy (non-hydrogen) atoms. The molecule has 2 atom stereocenters. The maximum atomic E-state index is 14.3. The van der Waals surface area contributed by atoms with Crippen molar-refractivity contribution in [3.8, 4) is 5.75 Å². The summed E-state index contributed by atoms with van der Waals surface area (Å²) in [6, 6.07) is 12.5. The first-order valence-electron chi connectivity index (χ1n) is 10.1. The Morgan fingerprint density at radius 1 is 1.19 bits per heavy atom. The average molecular weight is 437 g/mol. The van der Waals surface area contributed by atoms with Gasteiger partial charge in [-0.15, -0.1) is 5.10 Å². The highest BCUT2D eigenvalue weighted by Gasteiger charge is 2.33. The number of carbonyl (C=O) groups excluding carboxylic acids is 2. The summed E-state index contributed by atoms with van der Waals surface area (Å²) in [6.07, 6.45) is -0.775. The molecule has 3 heterocycles. The lowest BCUT2D eigenvalue weighted by atomic mass is 10.1. The second-order valence-electron chi connectivity index (χ2n) is 7.49. The van der Waals surface area contributed by atoms with Gasteiger partial charge in [-0.05, 0) is 18.2 Å². The van der Waals surface area contributed by atoms with Gasteiger partial charge in [0.15, 0.2) is 5.82 Å². The molecule has 0 aliphatic carbocycles. The molecule has 9 nitrogen and oxygen atoms in total. The number of benzene rings is 2. The topological polar surface area (TPSA) is 98.6 Å². The van der Waals surface area contributed by atoms with Crippen LogP contribution in [0.15, 0.2) is 48.5 Å². The van der Waals surface area contributed by atoms with Gasteiger partial charge in [-0.1, -0.05) is 30.3 Å². The Bertz CT molecular complexity index is 1200. The molecule has 2 amide bonds. The highest BCUT2D eigenvalue weighted by Crippen LogP contribution is 2.31. The summed E-state index contributed by atoms with van der Waals surface area (Å²) in [7, 11) is 1.62. The molecule has 0 bridgehead atoms. The number of amides is 2. The summed E-state index contributed by atoms with van der Waals surface area (Å²) in [4.78, 5) is 31.5. The van der Waals surface area contributed by atoms with Gasteiger partial charge >= 0.3 is 0 Å². The van der Waals surface area contributed by atoms with Gasteiger partial charge in [0.25, 0.3) is 11.8 Å². The van der Waals surface area contributed by atoms with Gasteiger partial charge in [-0.25, -0.2) is 14.1 Å². The van der Waals surface area contributed by atoms with Crippen LogP contribution in [0.4, 0.5) is 10.1 Å². The Hall–Kier alpha value is -3.79. The van der Waals surface area contributed by atoms with Crippen LogP contribution in [0.3, 0.4) is 0 Å². The monoisotopic (exact) mass is 437 g/mol. The Labute approximate surface area is 182 Å². The number of anilines is 1. The van der Waals surface area contributed by atoms with Gasteiger partial charge in [0.05, 0.1) is 18.8 Å². The third-order valence-corrected chi connectivity index (χ3v) is 5.48. The van der Waals surface area contributed by atoms with Gasteiger partial charge in [0.2, 0.25) is 5.82 Å². The highest BCUT2D eigenvalue weighted by atomic mass is 19.1. The van der Waals surface area contributed by atoms with E-state index in [1.807, 2.05) is 6.07 Å². The normalized spacial score (nSPS) is 20.1. The van der Waals surface area contributed by atoms with E-state index in [1.165, 1.54) is 15.6 Å². The quantitative estimate of drug-likeness (QED) is 0.670. The molecule has 0 saturated carbocycles. The highest BCUT2D eigenvalue weighted by molar-refractivity contribution is 6.02. The number of halogens is 1. The third kappa shape index (κ3) is 3.48. The molecule has 1 N–H and O–H groups in total. The smallest absolute Gasteiger partial charge is 0.291 e. The van der Waals surface area contributed by atoms with Crippen molar-refractivity contribution in [3.05, 3.63) is 71.6 Å². The molecule has 0 saturated heterocycles. The van der Waals surface area contributed by atoms with Crippen molar-refractivity contribution < 1.29 is 23.5 Å². The summed E-state index contributed by atoms with van der Waals surface area (Å²) in [5, 5.41) is 6.91. The molecule has 10 heteroatoms. The minimum Gasteiger partial charge on any atom is -0.489 e. The zero-order chi connectivity index (χ0) is 22.2. The van der Waals surface area contributed by atoms with Gasteiger partial charge in [-0.2, -0.15) is 0 Å². The Morgan fingerprint density at radius 2 is 1.97 bits per heavy atom. The van der Waals surface area contributed by atoms with Crippen LogP contribution < -0.4 is 15.0 Å². The van der Waals surface area contributed by atoms with E-state index in [1.54, 1.807) is 43.4 Å². The molecule has 0 fully saturated rings. The van der Waals surface area contributed by atoms with Crippen molar-refractivity contribution in [2.75, 3.05) is 25.2 Å². The van der Waals surface area contributed by atoms with Crippen molar-refractivity contribution in [3.63, 3.8) is 0 Å². The lowest BCUT2D eigenvalue weighted by Crippen LogP contribution is -2.49. The standard InChI is InChI=1S/C22H20FN5O4/c1-27-16-8-4-5-9-17(16)32-12-15(22(27)30)24-21(29)19-25-20-18(31-11-10-28(20)26-19)13-6-2-3-7-14(13)23/h2-9,15,18H,10-12H2,1H3,(H,24,29)/t15-,18?/m0/s1. The number of para-hydroxylation sites is 2. The zero-order valence-electron chi connectivity index (χ0n) is 17.2. The van der Waals surface area contributed by atoms with Crippen molar-refractivity contribution in [1.82, 2.24) is 20.1 Å². The van der Waals surface area contributed by atoms with Crippen LogP contribution in [0.5, 0.6) is 5.75 Å². The molecule has 2 aliphatic rings. The predicted molar refractivity (Wildman–Crippen MR) is 111 cm³/mol. The first-order valence-corrected chi connectivity index (χ1v) is 10.1. The van der Waals surface area contributed by atoms with Crippen molar-refractivity contribution in [1.29, 1.82) is 0 Å². The number of fused-ring (bicyclic) bond motifs is 2. The van der Waals surface area contributed by atoms with Crippen molar-refractivity contribution >= 4 is 17.5 Å². The summed E-state index contributed by atoms with van der Waals surface area (Å²) >= 11 is 0. The number of carbonyl (C=O) groups is 2. The lowest BCUT2D eigenvalue weighted by molar-refractivity contribution is -0.120.